The van der Waals surface area contributed by atoms with Crippen LogP contribution in [0.15, 0.2) is 47.4 Å². The molecule has 0 heterocycles. The van der Waals surface area contributed by atoms with Gasteiger partial charge in [0.25, 0.3) is 0 Å². The lowest BCUT2D eigenvalue weighted by molar-refractivity contribution is 0.191. The van der Waals surface area contributed by atoms with Crippen molar-refractivity contribution in [2.45, 2.75) is 69.2 Å². The van der Waals surface area contributed by atoms with Gasteiger partial charge in [0, 0.05) is 24.8 Å². The molecule has 0 aromatic heterocycles. The fourth-order valence-electron chi connectivity index (χ4n) is 2.67. The number of benzene rings is 1. The van der Waals surface area contributed by atoms with Crippen molar-refractivity contribution in [2.75, 3.05) is 5.75 Å². The van der Waals surface area contributed by atoms with Gasteiger partial charge >= 0.3 is 0 Å². The second kappa shape index (κ2) is 9.26. The van der Waals surface area contributed by atoms with E-state index in [1.807, 2.05) is 11.8 Å². The summed E-state index contributed by atoms with van der Waals surface area (Å²) < 4.78 is 6.44. The maximum atomic E-state index is 6.44. The molecule has 0 saturated heterocycles. The van der Waals surface area contributed by atoms with Crippen LogP contribution in [0.3, 0.4) is 0 Å². The second-order valence-electron chi connectivity index (χ2n) is 8.49. The third-order valence-electron chi connectivity index (χ3n) is 3.27. The highest BCUT2D eigenvalue weighted by atomic mass is 32.2. The van der Waals surface area contributed by atoms with Gasteiger partial charge in [0.15, 0.2) is 8.32 Å². The van der Waals surface area contributed by atoms with Crippen molar-refractivity contribution in [3.05, 3.63) is 42.5 Å². The van der Waals surface area contributed by atoms with Gasteiger partial charge < -0.3 is 4.43 Å². The summed E-state index contributed by atoms with van der Waals surface area (Å²) in [6.45, 7) is 18.4. The molecule has 0 saturated carbocycles. The number of rotatable bonds is 10. The average Bonchev–Trinajstić information content (AvgIpc) is 2.35. The highest BCUT2D eigenvalue weighted by molar-refractivity contribution is 7.99. The monoisotopic (exact) mass is 366 g/mol. The van der Waals surface area contributed by atoms with Crippen LogP contribution in [0.4, 0.5) is 0 Å². The van der Waals surface area contributed by atoms with Crippen molar-refractivity contribution < 1.29 is 4.43 Å². The van der Waals surface area contributed by atoms with Crippen LogP contribution in [0.5, 0.6) is 0 Å². The number of thioether (sulfide) groups is 1. The topological polar surface area (TPSA) is 9.23 Å². The first kappa shape index (κ1) is 20.7. The molecule has 0 radical (unpaired) electrons. The molecule has 1 atom stereocenters. The zero-order valence-corrected chi connectivity index (χ0v) is 18.6. The molecule has 4 heteroatoms. The van der Waals surface area contributed by atoms with Crippen LogP contribution in [0.1, 0.15) is 12.8 Å². The Morgan fingerprint density at radius 3 is 2.22 bits per heavy atom. The largest absolute Gasteiger partial charge is 0.414 e. The van der Waals surface area contributed by atoms with E-state index in [4.69, 9.17) is 4.43 Å². The molecule has 0 aliphatic carbocycles. The van der Waals surface area contributed by atoms with Gasteiger partial charge in [-0.25, -0.2) is 0 Å². The minimum Gasteiger partial charge on any atom is -0.414 e. The molecule has 1 aromatic rings. The van der Waals surface area contributed by atoms with Gasteiger partial charge in [-0.1, -0.05) is 43.4 Å². The molecule has 23 heavy (non-hydrogen) atoms. The smallest absolute Gasteiger partial charge is 0.184 e. The van der Waals surface area contributed by atoms with Crippen molar-refractivity contribution in [1.29, 1.82) is 0 Å². The third kappa shape index (κ3) is 11.0. The Bertz CT molecular complexity index is 474. The summed E-state index contributed by atoms with van der Waals surface area (Å²) in [6.07, 6.45) is 2.47. The van der Waals surface area contributed by atoms with Crippen molar-refractivity contribution in [1.82, 2.24) is 0 Å². The highest BCUT2D eigenvalue weighted by Crippen LogP contribution is 2.26. The molecule has 1 nitrogen and oxygen atoms in total. The summed E-state index contributed by atoms with van der Waals surface area (Å²) in [6, 6.07) is 11.9. The Labute approximate surface area is 150 Å². The van der Waals surface area contributed by atoms with Crippen molar-refractivity contribution in [2.24, 2.45) is 0 Å². The molecule has 0 spiro atoms. The lowest BCUT2D eigenvalue weighted by Crippen LogP contribution is -2.33. The zero-order chi connectivity index (χ0) is 17.5. The van der Waals surface area contributed by atoms with Crippen LogP contribution < -0.4 is 0 Å². The lowest BCUT2D eigenvalue weighted by Gasteiger charge is -2.28. The third-order valence-corrected chi connectivity index (χ3v) is 6.92. The summed E-state index contributed by atoms with van der Waals surface area (Å²) in [5.41, 5.74) is 1.39. The van der Waals surface area contributed by atoms with Gasteiger partial charge in [0.05, 0.1) is 0 Å². The van der Waals surface area contributed by atoms with E-state index < -0.39 is 16.4 Å². The highest BCUT2D eigenvalue weighted by Gasteiger charge is 2.23. The Balaban J connectivity index is 2.53. The average molecular weight is 367 g/mol. The molecule has 0 fully saturated rings. The molecule has 1 rings (SSSR count). The van der Waals surface area contributed by atoms with E-state index in [-0.39, 0.29) is 0 Å². The van der Waals surface area contributed by atoms with Crippen LogP contribution in [-0.2, 0) is 4.43 Å². The fourth-order valence-corrected chi connectivity index (χ4v) is 6.48. The second-order valence-corrected chi connectivity index (χ2v) is 19.6. The minimum atomic E-state index is -1.51. The van der Waals surface area contributed by atoms with Gasteiger partial charge in [-0.3, -0.25) is 0 Å². The lowest BCUT2D eigenvalue weighted by atomic mass is 10.1. The van der Waals surface area contributed by atoms with E-state index in [0.717, 1.165) is 18.6 Å². The molecular weight excluding hydrogens is 332 g/mol. The molecule has 0 bridgehead atoms. The summed E-state index contributed by atoms with van der Waals surface area (Å²) in [5.74, 6) is 1.11. The first-order chi connectivity index (χ1) is 10.6. The maximum absolute atomic E-state index is 6.44. The Hall–Kier alpha value is -0.296. The van der Waals surface area contributed by atoms with Crippen LogP contribution in [0, 0.1) is 0 Å². The predicted octanol–water partition coefficient (Wildman–Crippen LogP) is 6.67. The van der Waals surface area contributed by atoms with Crippen LogP contribution in [0.25, 0.3) is 0 Å². The summed E-state index contributed by atoms with van der Waals surface area (Å²) in [5, 5.41) is 0. The van der Waals surface area contributed by atoms with E-state index >= 15 is 0 Å². The van der Waals surface area contributed by atoms with Gasteiger partial charge in [-0.05, 0) is 50.7 Å². The normalized spacial score (nSPS) is 13.8. The van der Waals surface area contributed by atoms with Crippen molar-refractivity contribution in [3.63, 3.8) is 0 Å². The SMILES string of the molecule is C=C(CC(CCSc1ccccc1)O[Si](C)(C)C)C[Si](C)(C)C. The van der Waals surface area contributed by atoms with E-state index in [0.29, 0.717) is 6.10 Å². The predicted molar refractivity (Wildman–Crippen MR) is 112 cm³/mol. The molecular formula is C19H34OSSi2. The van der Waals surface area contributed by atoms with Gasteiger partial charge in [-0.15, -0.1) is 18.3 Å². The molecule has 130 valence electrons. The molecule has 0 aliphatic heterocycles. The Morgan fingerprint density at radius 1 is 1.09 bits per heavy atom. The summed E-state index contributed by atoms with van der Waals surface area (Å²) >= 11 is 1.93. The molecule has 0 amide bonds. The van der Waals surface area contributed by atoms with Gasteiger partial charge in [0.2, 0.25) is 0 Å². The minimum absolute atomic E-state index is 0.335. The van der Waals surface area contributed by atoms with Crippen molar-refractivity contribution >= 4 is 28.2 Å². The first-order valence-electron chi connectivity index (χ1n) is 8.57. The number of hydrogen-bond donors (Lipinski definition) is 0. The molecule has 0 N–H and O–H groups in total. The van der Waals surface area contributed by atoms with Crippen LogP contribution in [-0.4, -0.2) is 28.2 Å². The van der Waals surface area contributed by atoms with E-state index in [9.17, 15) is 0 Å². The quantitative estimate of drug-likeness (QED) is 0.260. The van der Waals surface area contributed by atoms with Crippen molar-refractivity contribution in [3.8, 4) is 0 Å². The van der Waals surface area contributed by atoms with Crippen LogP contribution in [0.2, 0.25) is 45.3 Å². The fraction of sp³-hybridized carbons (Fsp3) is 0.579. The maximum Gasteiger partial charge on any atom is 0.184 e. The van der Waals surface area contributed by atoms with Crippen LogP contribution >= 0.6 is 11.8 Å². The van der Waals surface area contributed by atoms with E-state index in [1.165, 1.54) is 16.5 Å². The summed E-state index contributed by atoms with van der Waals surface area (Å²) in [4.78, 5) is 1.35. The molecule has 1 aromatic carbocycles. The Kier molecular flexibility index (Phi) is 8.35. The summed E-state index contributed by atoms with van der Waals surface area (Å²) in [7, 11) is -2.59. The molecule has 0 aliphatic rings. The van der Waals surface area contributed by atoms with E-state index in [2.05, 4.69) is 76.2 Å². The van der Waals surface area contributed by atoms with Gasteiger partial charge in [-0.2, -0.15) is 0 Å². The zero-order valence-electron chi connectivity index (χ0n) is 15.8. The first-order valence-corrected chi connectivity index (χ1v) is 16.7. The molecule has 1 unspecified atom stereocenters. The van der Waals surface area contributed by atoms with E-state index in [1.54, 1.807) is 0 Å². The van der Waals surface area contributed by atoms with Gasteiger partial charge in [0.1, 0.15) is 0 Å². The standard InChI is InChI=1S/C19H34OSSi2/c1-17(16-22(2,3)4)15-18(20-23(5,6)7)13-14-21-19-11-9-8-10-12-19/h8-12,18H,1,13-16H2,2-7H3. The number of hydrogen-bond acceptors (Lipinski definition) is 2. The Morgan fingerprint density at radius 2 is 1.70 bits per heavy atom.